The lowest BCUT2D eigenvalue weighted by Gasteiger charge is -2.32. The molecule has 8 aromatic rings. The minimum absolute atomic E-state index is 0.664. The Morgan fingerprint density at radius 2 is 1.45 bits per heavy atom. The summed E-state index contributed by atoms with van der Waals surface area (Å²) in [6, 6.07) is 41.3. The van der Waals surface area contributed by atoms with Gasteiger partial charge < -0.3 is 4.74 Å². The normalized spacial score (nSPS) is 16.9. The Labute approximate surface area is 240 Å². The second kappa shape index (κ2) is 6.96. The molecule has 194 valence electrons. The predicted octanol–water partition coefficient (Wildman–Crippen LogP) is 7.00. The summed E-state index contributed by atoms with van der Waals surface area (Å²) >= 11 is 0. The van der Waals surface area contributed by atoms with Crippen LogP contribution in [0.1, 0.15) is 11.1 Å². The molecule has 1 unspecified atom stereocenters. The summed E-state index contributed by atoms with van der Waals surface area (Å²) in [6.07, 6.45) is 6.86. The number of rotatable bonds is 1. The summed E-state index contributed by atoms with van der Waals surface area (Å²) in [7, 11) is 0. The van der Waals surface area contributed by atoms with Gasteiger partial charge >= 0.3 is 5.66 Å². The summed E-state index contributed by atoms with van der Waals surface area (Å²) in [5.41, 5.74) is 7.62. The van der Waals surface area contributed by atoms with Crippen molar-refractivity contribution in [2.24, 2.45) is 0 Å². The maximum absolute atomic E-state index is 6.76. The topological polar surface area (TPSA) is 26.8 Å². The van der Waals surface area contributed by atoms with Gasteiger partial charge in [-0.25, -0.2) is 0 Å². The highest BCUT2D eigenvalue weighted by atomic mass is 16.5. The van der Waals surface area contributed by atoms with Gasteiger partial charge in [0.05, 0.1) is 18.0 Å². The quantitative estimate of drug-likeness (QED) is 0.207. The highest BCUT2D eigenvalue weighted by molar-refractivity contribution is 6.11. The molecule has 1 atom stereocenters. The lowest BCUT2D eigenvalue weighted by molar-refractivity contribution is -0.993. The molecule has 5 heteroatoms. The number of hydrogen-bond donors (Lipinski definition) is 0. The van der Waals surface area contributed by atoms with Gasteiger partial charge in [-0.2, -0.15) is 9.13 Å². The highest BCUT2D eigenvalue weighted by Crippen LogP contribution is 2.55. The molecule has 0 saturated carbocycles. The van der Waals surface area contributed by atoms with E-state index in [1.807, 2.05) is 0 Å². The fourth-order valence-electron chi connectivity index (χ4n) is 8.03. The zero-order valence-electron chi connectivity index (χ0n) is 22.4. The van der Waals surface area contributed by atoms with Crippen molar-refractivity contribution >= 4 is 32.6 Å². The van der Waals surface area contributed by atoms with Gasteiger partial charge in [-0.15, -0.1) is 4.68 Å². The third-order valence-electron chi connectivity index (χ3n) is 9.57. The average molecular weight is 539 g/mol. The molecule has 3 aliphatic heterocycles. The largest absolute Gasteiger partial charge is 0.456 e. The first-order valence-electron chi connectivity index (χ1n) is 14.4. The van der Waals surface area contributed by atoms with E-state index in [1.165, 1.54) is 54.8 Å². The van der Waals surface area contributed by atoms with Crippen LogP contribution in [0, 0.1) is 0 Å². The zero-order valence-corrected chi connectivity index (χ0v) is 22.4. The van der Waals surface area contributed by atoms with Crippen LogP contribution in [0.15, 0.2) is 134 Å². The third-order valence-corrected chi connectivity index (χ3v) is 9.57. The lowest BCUT2D eigenvalue weighted by Crippen LogP contribution is -2.76. The minimum Gasteiger partial charge on any atom is -0.456 e. The molecule has 42 heavy (non-hydrogen) atoms. The molecule has 0 saturated heterocycles. The van der Waals surface area contributed by atoms with Crippen LogP contribution in [0.3, 0.4) is 0 Å². The van der Waals surface area contributed by atoms with Crippen LogP contribution in [0.4, 0.5) is 0 Å². The van der Waals surface area contributed by atoms with Crippen molar-refractivity contribution in [3.63, 3.8) is 0 Å². The van der Waals surface area contributed by atoms with Crippen molar-refractivity contribution < 1.29 is 14.0 Å². The predicted molar refractivity (Wildman–Crippen MR) is 162 cm³/mol. The molecule has 0 radical (unpaired) electrons. The van der Waals surface area contributed by atoms with Crippen molar-refractivity contribution in [1.29, 1.82) is 0 Å². The molecule has 3 aromatic heterocycles. The molecular weight excluding hydrogens is 516 g/mol. The fourth-order valence-corrected chi connectivity index (χ4v) is 8.03. The van der Waals surface area contributed by atoms with Gasteiger partial charge in [0.25, 0.3) is 5.82 Å². The van der Waals surface area contributed by atoms with Crippen LogP contribution in [0.2, 0.25) is 0 Å². The van der Waals surface area contributed by atoms with E-state index in [2.05, 4.69) is 152 Å². The molecule has 0 aliphatic carbocycles. The Morgan fingerprint density at radius 1 is 0.643 bits per heavy atom. The maximum Gasteiger partial charge on any atom is 0.397 e. The van der Waals surface area contributed by atoms with Crippen molar-refractivity contribution in [3.05, 3.63) is 145 Å². The highest BCUT2D eigenvalue weighted by Gasteiger charge is 2.68. The van der Waals surface area contributed by atoms with E-state index in [0.29, 0.717) is 0 Å². The van der Waals surface area contributed by atoms with Gasteiger partial charge in [-0.05, 0) is 58.8 Å². The van der Waals surface area contributed by atoms with Crippen molar-refractivity contribution in [1.82, 2.24) is 9.25 Å². The first-order valence-corrected chi connectivity index (χ1v) is 14.4. The molecule has 11 rings (SSSR count). The Hall–Kier alpha value is -5.68. The number of ether oxygens (including phenoxy) is 1. The number of benzene rings is 5. The second-order valence-corrected chi connectivity index (χ2v) is 11.5. The minimum atomic E-state index is -0.664. The summed E-state index contributed by atoms with van der Waals surface area (Å²) in [5, 5.41) is 4.98. The van der Waals surface area contributed by atoms with Gasteiger partial charge in [0.1, 0.15) is 28.3 Å². The Balaban J connectivity index is 1.36. The van der Waals surface area contributed by atoms with Crippen LogP contribution in [-0.4, -0.2) is 9.25 Å². The lowest BCUT2D eigenvalue weighted by atomic mass is 9.84. The number of hydrogen-bond acceptors (Lipinski definition) is 1. The van der Waals surface area contributed by atoms with E-state index in [0.717, 1.165) is 23.0 Å². The summed E-state index contributed by atoms with van der Waals surface area (Å²) in [6.45, 7) is 0. The average Bonchev–Trinajstić information content (AvgIpc) is 3.71. The molecule has 0 amide bonds. The third kappa shape index (κ3) is 2.18. The standard InChI is InChI=1S/C37H22N4O/c1-2-11-25-23(9-1)10-7-13-26(25)24-21-39-30-15-8-16-31-34(30)37(40(39)22-24)35-32(42-31)19-18-28-27-12-3-4-14-29(27)41(36(28)35)33-17-5-6-20-38(33)37/h1-22H/q+2. The molecular formula is C37H22N4O+2. The second-order valence-electron chi connectivity index (χ2n) is 11.5. The molecule has 3 aliphatic rings. The fraction of sp³-hybridized carbons (Fsp3) is 0.0270. The van der Waals surface area contributed by atoms with Crippen molar-refractivity contribution in [2.75, 3.05) is 0 Å². The van der Waals surface area contributed by atoms with E-state index >= 15 is 0 Å². The smallest absolute Gasteiger partial charge is 0.397 e. The summed E-state index contributed by atoms with van der Waals surface area (Å²) in [4.78, 5) is 0. The molecule has 1 spiro atoms. The van der Waals surface area contributed by atoms with Crippen molar-refractivity contribution in [2.45, 2.75) is 5.66 Å². The van der Waals surface area contributed by atoms with Gasteiger partial charge in [-0.3, -0.25) is 0 Å². The SMILES string of the molecule is c1cc2c3c(c1)-n1cc(-c4cccc5ccccc45)c[n+]1C31c3c(ccc4c5ccccc5n(c34)-c3cccc[n+]31)O2. The monoisotopic (exact) mass is 538 g/mol. The molecule has 5 nitrogen and oxygen atoms in total. The van der Waals surface area contributed by atoms with Crippen LogP contribution in [0.5, 0.6) is 11.5 Å². The first-order chi connectivity index (χ1) is 20.8. The molecule has 0 N–H and O–H groups in total. The van der Waals surface area contributed by atoms with Gasteiger partial charge in [0.15, 0.2) is 11.1 Å². The van der Waals surface area contributed by atoms with Gasteiger partial charge in [0, 0.05) is 16.8 Å². The van der Waals surface area contributed by atoms with Crippen LogP contribution >= 0.6 is 0 Å². The van der Waals surface area contributed by atoms with Gasteiger partial charge in [0.2, 0.25) is 6.20 Å². The maximum atomic E-state index is 6.76. The Kier molecular flexibility index (Phi) is 3.50. The number of nitrogens with zero attached hydrogens (tertiary/aromatic N) is 4. The van der Waals surface area contributed by atoms with Crippen LogP contribution in [0.25, 0.3) is 55.2 Å². The Bertz CT molecular complexity index is 2510. The number of para-hydroxylation sites is 1. The van der Waals surface area contributed by atoms with E-state index in [4.69, 9.17) is 4.74 Å². The van der Waals surface area contributed by atoms with Crippen LogP contribution < -0.4 is 14.0 Å². The summed E-state index contributed by atoms with van der Waals surface area (Å²) < 4.78 is 16.4. The van der Waals surface area contributed by atoms with Crippen molar-refractivity contribution in [3.8, 4) is 34.1 Å². The van der Waals surface area contributed by atoms with Gasteiger partial charge in [-0.1, -0.05) is 71.4 Å². The number of aromatic nitrogens is 4. The molecule has 0 bridgehead atoms. The number of pyridine rings is 1. The molecule has 0 fully saturated rings. The van der Waals surface area contributed by atoms with Crippen LogP contribution in [-0.2, 0) is 5.66 Å². The Morgan fingerprint density at radius 3 is 2.43 bits per heavy atom. The van der Waals surface area contributed by atoms with E-state index < -0.39 is 5.66 Å². The van der Waals surface area contributed by atoms with E-state index in [9.17, 15) is 0 Å². The number of fused-ring (bicyclic) bond motifs is 8. The zero-order chi connectivity index (χ0) is 27.2. The summed E-state index contributed by atoms with van der Waals surface area (Å²) in [5.74, 6) is 2.92. The molecule has 5 aromatic carbocycles. The van der Waals surface area contributed by atoms with E-state index in [1.54, 1.807) is 0 Å². The first kappa shape index (κ1) is 21.1. The molecule has 6 heterocycles. The van der Waals surface area contributed by atoms with E-state index in [-0.39, 0.29) is 0 Å².